The number of aryl methyl sites for hydroxylation is 1. The number of benzene rings is 1. The van der Waals surface area contributed by atoms with Crippen LogP contribution in [0.2, 0.25) is 0 Å². The molecule has 0 saturated heterocycles. The normalized spacial score (nSPS) is 11.8. The molecule has 0 bridgehead atoms. The van der Waals surface area contributed by atoms with Crippen LogP contribution in [0.1, 0.15) is 44.4 Å². The van der Waals surface area contributed by atoms with Crippen LogP contribution in [-0.4, -0.2) is 11.7 Å². The van der Waals surface area contributed by atoms with Crippen LogP contribution in [0.3, 0.4) is 0 Å². The molecule has 0 radical (unpaired) electrons. The summed E-state index contributed by atoms with van der Waals surface area (Å²) in [6, 6.07) is 6.63. The van der Waals surface area contributed by atoms with Crippen molar-refractivity contribution in [2.45, 2.75) is 46.0 Å². The van der Waals surface area contributed by atoms with Gasteiger partial charge >= 0.3 is 0 Å². The Bertz CT molecular complexity index is 321. The third kappa shape index (κ3) is 3.07. The molecule has 84 valence electrons. The Kier molecular flexibility index (Phi) is 3.92. The second-order valence-electron chi connectivity index (χ2n) is 5.06. The minimum atomic E-state index is 0.210. The summed E-state index contributed by atoms with van der Waals surface area (Å²) in [6.07, 6.45) is 1.81. The lowest BCUT2D eigenvalue weighted by Gasteiger charge is -2.21. The lowest BCUT2D eigenvalue weighted by Crippen LogP contribution is -2.12. The SMILES string of the molecule is CCc1cc(C(C)(C)C)ccc1CCO. The molecule has 0 spiro atoms. The van der Waals surface area contributed by atoms with E-state index in [1.807, 2.05) is 0 Å². The van der Waals surface area contributed by atoms with Gasteiger partial charge in [0.15, 0.2) is 0 Å². The molecule has 0 atom stereocenters. The van der Waals surface area contributed by atoms with Crippen molar-refractivity contribution in [1.82, 2.24) is 0 Å². The van der Waals surface area contributed by atoms with Crippen LogP contribution < -0.4 is 0 Å². The Morgan fingerprint density at radius 3 is 2.27 bits per heavy atom. The van der Waals surface area contributed by atoms with E-state index in [1.54, 1.807) is 0 Å². The van der Waals surface area contributed by atoms with E-state index >= 15 is 0 Å². The zero-order valence-electron chi connectivity index (χ0n) is 10.3. The second-order valence-corrected chi connectivity index (χ2v) is 5.06. The van der Waals surface area contributed by atoms with Gasteiger partial charge < -0.3 is 5.11 Å². The zero-order chi connectivity index (χ0) is 11.5. The molecule has 0 fully saturated rings. The first-order valence-corrected chi connectivity index (χ1v) is 5.72. The van der Waals surface area contributed by atoms with Gasteiger partial charge in [-0.1, -0.05) is 45.9 Å². The van der Waals surface area contributed by atoms with Gasteiger partial charge in [0, 0.05) is 6.61 Å². The third-order valence-electron chi connectivity index (χ3n) is 2.83. The molecular weight excluding hydrogens is 184 g/mol. The van der Waals surface area contributed by atoms with Crippen LogP contribution in [0.5, 0.6) is 0 Å². The Balaban J connectivity index is 3.08. The molecule has 0 saturated carbocycles. The van der Waals surface area contributed by atoms with Crippen molar-refractivity contribution in [1.29, 1.82) is 0 Å². The van der Waals surface area contributed by atoms with Crippen LogP contribution >= 0.6 is 0 Å². The highest BCUT2D eigenvalue weighted by atomic mass is 16.2. The van der Waals surface area contributed by atoms with Gasteiger partial charge in [0.1, 0.15) is 0 Å². The standard InChI is InChI=1S/C14H22O/c1-5-11-10-13(14(2,3)4)7-6-12(11)8-9-15/h6-7,10,15H,5,8-9H2,1-4H3. The van der Waals surface area contributed by atoms with Gasteiger partial charge in [0.25, 0.3) is 0 Å². The van der Waals surface area contributed by atoms with E-state index in [-0.39, 0.29) is 12.0 Å². The van der Waals surface area contributed by atoms with E-state index < -0.39 is 0 Å². The Hall–Kier alpha value is -0.820. The highest BCUT2D eigenvalue weighted by Crippen LogP contribution is 2.25. The molecule has 0 aliphatic heterocycles. The summed E-state index contributed by atoms with van der Waals surface area (Å²) in [5, 5.41) is 8.97. The van der Waals surface area contributed by atoms with E-state index in [0.717, 1.165) is 12.8 Å². The first kappa shape index (κ1) is 12.3. The first-order valence-electron chi connectivity index (χ1n) is 5.72. The maximum Gasteiger partial charge on any atom is 0.0471 e. The molecule has 1 N–H and O–H groups in total. The van der Waals surface area contributed by atoms with Gasteiger partial charge in [0.05, 0.1) is 0 Å². The number of hydrogen-bond acceptors (Lipinski definition) is 1. The predicted molar refractivity (Wildman–Crippen MR) is 65.3 cm³/mol. The van der Waals surface area contributed by atoms with Crippen molar-refractivity contribution in [3.05, 3.63) is 34.9 Å². The van der Waals surface area contributed by atoms with Crippen molar-refractivity contribution in [2.24, 2.45) is 0 Å². The van der Waals surface area contributed by atoms with Gasteiger partial charge in [-0.25, -0.2) is 0 Å². The predicted octanol–water partition coefficient (Wildman–Crippen LogP) is 3.08. The summed E-state index contributed by atoms with van der Waals surface area (Å²) in [7, 11) is 0. The van der Waals surface area contributed by atoms with Crippen LogP contribution in [-0.2, 0) is 18.3 Å². The summed E-state index contributed by atoms with van der Waals surface area (Å²) in [5.74, 6) is 0. The number of aliphatic hydroxyl groups excluding tert-OH is 1. The van der Waals surface area contributed by atoms with E-state index in [1.165, 1.54) is 16.7 Å². The van der Waals surface area contributed by atoms with Gasteiger partial charge in [0.2, 0.25) is 0 Å². The van der Waals surface area contributed by atoms with E-state index in [4.69, 9.17) is 5.11 Å². The van der Waals surface area contributed by atoms with E-state index in [0.29, 0.717) is 0 Å². The Morgan fingerprint density at radius 2 is 1.80 bits per heavy atom. The minimum absolute atomic E-state index is 0.210. The molecule has 0 aromatic heterocycles. The van der Waals surface area contributed by atoms with Crippen LogP contribution in [0.25, 0.3) is 0 Å². The average Bonchev–Trinajstić information content (AvgIpc) is 2.17. The van der Waals surface area contributed by atoms with Gasteiger partial charge in [-0.05, 0) is 34.9 Å². The fourth-order valence-electron chi connectivity index (χ4n) is 1.79. The van der Waals surface area contributed by atoms with E-state index in [2.05, 4.69) is 45.9 Å². The summed E-state index contributed by atoms with van der Waals surface area (Å²) in [6.45, 7) is 9.10. The molecule has 0 amide bonds. The second kappa shape index (κ2) is 4.80. The van der Waals surface area contributed by atoms with E-state index in [9.17, 15) is 0 Å². The Morgan fingerprint density at radius 1 is 1.13 bits per heavy atom. The fraction of sp³-hybridized carbons (Fsp3) is 0.571. The zero-order valence-corrected chi connectivity index (χ0v) is 10.3. The summed E-state index contributed by atoms with van der Waals surface area (Å²) >= 11 is 0. The Labute approximate surface area is 93.1 Å². The monoisotopic (exact) mass is 206 g/mol. The molecule has 0 aliphatic carbocycles. The summed E-state index contributed by atoms with van der Waals surface area (Å²) in [5.41, 5.74) is 4.24. The number of hydrogen-bond donors (Lipinski definition) is 1. The van der Waals surface area contributed by atoms with Crippen molar-refractivity contribution in [3.8, 4) is 0 Å². The van der Waals surface area contributed by atoms with Crippen LogP contribution in [0.4, 0.5) is 0 Å². The van der Waals surface area contributed by atoms with Gasteiger partial charge in [-0.2, -0.15) is 0 Å². The number of rotatable bonds is 3. The third-order valence-corrected chi connectivity index (χ3v) is 2.83. The molecular formula is C14H22O. The van der Waals surface area contributed by atoms with Crippen molar-refractivity contribution in [2.75, 3.05) is 6.61 Å². The molecule has 1 aromatic carbocycles. The fourth-order valence-corrected chi connectivity index (χ4v) is 1.79. The molecule has 0 heterocycles. The molecule has 0 unspecified atom stereocenters. The molecule has 1 nitrogen and oxygen atoms in total. The highest BCUT2D eigenvalue weighted by Gasteiger charge is 2.14. The average molecular weight is 206 g/mol. The topological polar surface area (TPSA) is 20.2 Å². The largest absolute Gasteiger partial charge is 0.396 e. The quantitative estimate of drug-likeness (QED) is 0.805. The summed E-state index contributed by atoms with van der Waals surface area (Å²) in [4.78, 5) is 0. The van der Waals surface area contributed by atoms with Crippen molar-refractivity contribution in [3.63, 3.8) is 0 Å². The smallest absolute Gasteiger partial charge is 0.0471 e. The van der Waals surface area contributed by atoms with Crippen molar-refractivity contribution >= 4 is 0 Å². The first-order chi connectivity index (χ1) is 6.99. The summed E-state index contributed by atoms with van der Waals surface area (Å²) < 4.78 is 0. The maximum atomic E-state index is 8.97. The van der Waals surface area contributed by atoms with Gasteiger partial charge in [-0.15, -0.1) is 0 Å². The molecule has 1 heteroatoms. The molecule has 15 heavy (non-hydrogen) atoms. The van der Waals surface area contributed by atoms with Crippen molar-refractivity contribution < 1.29 is 5.11 Å². The highest BCUT2D eigenvalue weighted by molar-refractivity contribution is 5.35. The van der Waals surface area contributed by atoms with Gasteiger partial charge in [-0.3, -0.25) is 0 Å². The minimum Gasteiger partial charge on any atom is -0.396 e. The maximum absolute atomic E-state index is 8.97. The molecule has 0 aliphatic rings. The lowest BCUT2D eigenvalue weighted by molar-refractivity contribution is 0.299. The van der Waals surface area contributed by atoms with Crippen LogP contribution in [0.15, 0.2) is 18.2 Å². The molecule has 1 rings (SSSR count). The van der Waals surface area contributed by atoms with Crippen LogP contribution in [0, 0.1) is 0 Å². The lowest BCUT2D eigenvalue weighted by atomic mass is 9.84. The molecule has 1 aromatic rings. The number of aliphatic hydroxyl groups is 1.